The highest BCUT2D eigenvalue weighted by molar-refractivity contribution is 7.89. The summed E-state index contributed by atoms with van der Waals surface area (Å²) in [5.74, 6) is 0.795. The van der Waals surface area contributed by atoms with Crippen LogP contribution in [0.1, 0.15) is 35.2 Å². The predicted molar refractivity (Wildman–Crippen MR) is 141 cm³/mol. The first kappa shape index (κ1) is 26.3. The van der Waals surface area contributed by atoms with Crippen LogP contribution in [0.15, 0.2) is 77.8 Å². The zero-order chi connectivity index (χ0) is 27.9. The van der Waals surface area contributed by atoms with Crippen molar-refractivity contribution in [3.05, 3.63) is 95.3 Å². The Bertz CT molecular complexity index is 1650. The molecule has 0 spiro atoms. The van der Waals surface area contributed by atoms with Gasteiger partial charge in [-0.1, -0.05) is 41.6 Å². The third-order valence-electron chi connectivity index (χ3n) is 7.14. The van der Waals surface area contributed by atoms with Gasteiger partial charge in [-0.3, -0.25) is 0 Å². The van der Waals surface area contributed by atoms with Crippen molar-refractivity contribution in [1.82, 2.24) is 19.3 Å². The van der Waals surface area contributed by atoms with E-state index in [1.807, 2.05) is 12.1 Å². The maximum atomic E-state index is 13.9. The lowest BCUT2D eigenvalue weighted by Gasteiger charge is -2.28. The fourth-order valence-electron chi connectivity index (χ4n) is 5.15. The molecule has 0 bridgehead atoms. The normalized spacial score (nSPS) is 17.0. The van der Waals surface area contributed by atoms with E-state index in [9.17, 15) is 21.6 Å². The molecule has 0 radical (unpaired) electrons. The molecule has 1 saturated heterocycles. The molecule has 3 heterocycles. The number of hydrogen-bond donors (Lipinski definition) is 0. The van der Waals surface area contributed by atoms with Crippen molar-refractivity contribution in [2.45, 2.75) is 43.5 Å². The molecule has 40 heavy (non-hydrogen) atoms. The van der Waals surface area contributed by atoms with Crippen molar-refractivity contribution in [3.63, 3.8) is 0 Å². The number of halogens is 3. The van der Waals surface area contributed by atoms with Gasteiger partial charge < -0.3 is 9.64 Å². The van der Waals surface area contributed by atoms with Crippen LogP contribution in [0.2, 0.25) is 0 Å². The first-order valence-corrected chi connectivity index (χ1v) is 14.3. The minimum absolute atomic E-state index is 0.0234. The molecule has 12 heteroatoms. The zero-order valence-corrected chi connectivity index (χ0v) is 22.2. The van der Waals surface area contributed by atoms with E-state index in [-0.39, 0.29) is 35.8 Å². The SMILES string of the molecule is O=S1(=O)c2ccc(N3CCCC3)cc2Oc2ccccc2CN1Cc1cn(Cc2ccccc2C(F)(F)F)nn1. The molecule has 4 aromatic rings. The Balaban J connectivity index is 1.32. The van der Waals surface area contributed by atoms with Crippen LogP contribution in [-0.2, 0) is 35.8 Å². The quantitative estimate of drug-likeness (QED) is 0.318. The Morgan fingerprint density at radius 2 is 1.65 bits per heavy atom. The van der Waals surface area contributed by atoms with Gasteiger partial charge in [0.15, 0.2) is 0 Å². The molecule has 0 N–H and O–H groups in total. The molecule has 208 valence electrons. The summed E-state index contributed by atoms with van der Waals surface area (Å²) >= 11 is 0. The van der Waals surface area contributed by atoms with E-state index in [0.717, 1.165) is 37.7 Å². The van der Waals surface area contributed by atoms with Crippen molar-refractivity contribution < 1.29 is 26.3 Å². The number of para-hydroxylation sites is 1. The van der Waals surface area contributed by atoms with Crippen molar-refractivity contribution in [1.29, 1.82) is 0 Å². The van der Waals surface area contributed by atoms with E-state index in [1.165, 1.54) is 33.4 Å². The van der Waals surface area contributed by atoms with Crippen LogP contribution in [0.3, 0.4) is 0 Å². The van der Waals surface area contributed by atoms with Gasteiger partial charge in [0.1, 0.15) is 16.4 Å². The molecule has 3 aromatic carbocycles. The van der Waals surface area contributed by atoms with Gasteiger partial charge in [-0.2, -0.15) is 17.5 Å². The van der Waals surface area contributed by atoms with Gasteiger partial charge in [0, 0.05) is 37.0 Å². The summed E-state index contributed by atoms with van der Waals surface area (Å²) in [7, 11) is -4.04. The molecule has 0 atom stereocenters. The third kappa shape index (κ3) is 5.16. The standard InChI is InChI=1S/C28H26F3N5O3S/c29-28(30,31)24-9-3-1-7-20(24)16-35-18-22(32-33-35)19-36-17-21-8-2-4-10-25(21)39-26-15-23(34-13-5-6-14-34)11-12-27(26)40(36,37)38/h1-4,7-12,15,18H,5-6,13-14,16-17,19H2. The molecule has 0 aliphatic carbocycles. The summed E-state index contributed by atoms with van der Waals surface area (Å²) in [5.41, 5.74) is 1.18. The lowest BCUT2D eigenvalue weighted by Crippen LogP contribution is -2.32. The molecule has 1 fully saturated rings. The number of aromatic nitrogens is 3. The van der Waals surface area contributed by atoms with Crippen LogP contribution in [0, 0.1) is 0 Å². The Labute approximate surface area is 229 Å². The van der Waals surface area contributed by atoms with E-state index in [4.69, 9.17) is 4.74 Å². The van der Waals surface area contributed by atoms with Gasteiger partial charge in [0.2, 0.25) is 10.0 Å². The Hall–Kier alpha value is -3.90. The predicted octanol–water partition coefficient (Wildman–Crippen LogP) is 5.44. The maximum Gasteiger partial charge on any atom is 0.416 e. The maximum absolute atomic E-state index is 13.9. The van der Waals surface area contributed by atoms with Crippen LogP contribution >= 0.6 is 0 Å². The number of anilines is 1. The Kier molecular flexibility index (Phi) is 6.75. The second kappa shape index (κ2) is 10.3. The topological polar surface area (TPSA) is 80.6 Å². The van der Waals surface area contributed by atoms with Gasteiger partial charge in [-0.15, -0.1) is 5.10 Å². The van der Waals surface area contributed by atoms with E-state index in [1.54, 1.807) is 30.3 Å². The monoisotopic (exact) mass is 569 g/mol. The Morgan fingerprint density at radius 3 is 2.45 bits per heavy atom. The third-order valence-corrected chi connectivity index (χ3v) is 8.97. The van der Waals surface area contributed by atoms with Gasteiger partial charge in [0.25, 0.3) is 0 Å². The molecule has 1 aromatic heterocycles. The lowest BCUT2D eigenvalue weighted by atomic mass is 10.1. The number of rotatable bonds is 5. The van der Waals surface area contributed by atoms with Gasteiger partial charge in [-0.05, 0) is 42.7 Å². The van der Waals surface area contributed by atoms with Crippen molar-refractivity contribution in [3.8, 4) is 11.5 Å². The average Bonchev–Trinajstić information content (AvgIpc) is 3.61. The summed E-state index contributed by atoms with van der Waals surface area (Å²) in [6.45, 7) is 1.55. The summed E-state index contributed by atoms with van der Waals surface area (Å²) in [6.07, 6.45) is -0.873. The highest BCUT2D eigenvalue weighted by Crippen LogP contribution is 2.40. The van der Waals surface area contributed by atoms with Crippen LogP contribution in [0.5, 0.6) is 11.5 Å². The zero-order valence-electron chi connectivity index (χ0n) is 21.4. The van der Waals surface area contributed by atoms with Gasteiger partial charge >= 0.3 is 6.18 Å². The minimum Gasteiger partial charge on any atom is -0.456 e. The number of ether oxygens (including phenoxy) is 1. The van der Waals surface area contributed by atoms with Crippen LogP contribution in [-0.4, -0.2) is 40.8 Å². The smallest absolute Gasteiger partial charge is 0.416 e. The molecule has 2 aliphatic rings. The van der Waals surface area contributed by atoms with Crippen LogP contribution in [0.4, 0.5) is 18.9 Å². The number of fused-ring (bicyclic) bond motifs is 2. The number of benzene rings is 3. The van der Waals surface area contributed by atoms with Gasteiger partial charge in [0.05, 0.1) is 30.5 Å². The fraction of sp³-hybridized carbons (Fsp3) is 0.286. The number of hydrogen-bond acceptors (Lipinski definition) is 6. The highest BCUT2D eigenvalue weighted by atomic mass is 32.2. The van der Waals surface area contributed by atoms with Crippen molar-refractivity contribution in [2.75, 3.05) is 18.0 Å². The van der Waals surface area contributed by atoms with Gasteiger partial charge in [-0.25, -0.2) is 13.1 Å². The van der Waals surface area contributed by atoms with E-state index in [2.05, 4.69) is 15.2 Å². The summed E-state index contributed by atoms with van der Waals surface area (Å²) in [6, 6.07) is 17.6. The van der Waals surface area contributed by atoms with E-state index >= 15 is 0 Å². The molecule has 0 amide bonds. The highest BCUT2D eigenvalue weighted by Gasteiger charge is 2.34. The number of alkyl halides is 3. The average molecular weight is 570 g/mol. The minimum atomic E-state index is -4.50. The summed E-state index contributed by atoms with van der Waals surface area (Å²) in [4.78, 5) is 2.24. The van der Waals surface area contributed by atoms with E-state index < -0.39 is 21.8 Å². The molecule has 8 nitrogen and oxygen atoms in total. The summed E-state index contributed by atoms with van der Waals surface area (Å²) < 4.78 is 76.9. The number of sulfonamides is 1. The van der Waals surface area contributed by atoms with E-state index in [0.29, 0.717) is 17.0 Å². The van der Waals surface area contributed by atoms with Crippen molar-refractivity contribution in [2.24, 2.45) is 0 Å². The molecule has 6 rings (SSSR count). The molecule has 2 aliphatic heterocycles. The lowest BCUT2D eigenvalue weighted by molar-refractivity contribution is -0.138. The largest absolute Gasteiger partial charge is 0.456 e. The second-order valence-electron chi connectivity index (χ2n) is 9.87. The second-order valence-corrected chi connectivity index (χ2v) is 11.8. The molecular formula is C28H26F3N5O3S. The van der Waals surface area contributed by atoms with Crippen LogP contribution < -0.4 is 9.64 Å². The fourth-order valence-corrected chi connectivity index (χ4v) is 6.63. The van der Waals surface area contributed by atoms with Crippen molar-refractivity contribution >= 4 is 15.7 Å². The first-order chi connectivity index (χ1) is 19.2. The molecular weight excluding hydrogens is 543 g/mol. The first-order valence-electron chi connectivity index (χ1n) is 12.9. The molecule has 0 unspecified atom stereocenters. The molecule has 0 saturated carbocycles. The summed E-state index contributed by atoms with van der Waals surface area (Å²) in [5, 5.41) is 8.07. The Morgan fingerprint density at radius 1 is 0.900 bits per heavy atom. The number of nitrogens with zero attached hydrogens (tertiary/aromatic N) is 5. The van der Waals surface area contributed by atoms with Crippen LogP contribution in [0.25, 0.3) is 0 Å².